The molecule has 0 aromatic heterocycles. The van der Waals surface area contributed by atoms with E-state index >= 15 is 0 Å². The first-order valence-corrected chi connectivity index (χ1v) is 8.40. The number of rotatable bonds is 10. The fourth-order valence-corrected chi connectivity index (χ4v) is 4.41. The summed E-state index contributed by atoms with van der Waals surface area (Å²) in [6.45, 7) is 4.61. The fourth-order valence-electron chi connectivity index (χ4n) is 2.94. The Balaban J connectivity index is 0. The summed E-state index contributed by atoms with van der Waals surface area (Å²) >= 11 is 0. The number of carboxylic acids is 2. The van der Waals surface area contributed by atoms with Gasteiger partial charge in [-0.15, -0.1) is 0 Å². The van der Waals surface area contributed by atoms with Gasteiger partial charge in [-0.1, -0.05) is 40.0 Å². The third-order valence-electron chi connectivity index (χ3n) is 4.29. The molecule has 1 unspecified atom stereocenters. The molecule has 1 atom stereocenters. The topological polar surface area (TPSA) is 132 Å². The van der Waals surface area contributed by atoms with Crippen molar-refractivity contribution >= 4 is 22.1 Å². The van der Waals surface area contributed by atoms with Gasteiger partial charge in [-0.2, -0.15) is 0 Å². The van der Waals surface area contributed by atoms with Crippen LogP contribution in [0.1, 0.15) is 59.3 Å². The van der Waals surface area contributed by atoms with Crippen LogP contribution in [0.15, 0.2) is 0 Å². The van der Waals surface area contributed by atoms with E-state index in [9.17, 15) is 32.8 Å². The molecule has 0 aliphatic carbocycles. The Bertz CT molecular complexity index is 485. The zero-order chi connectivity index (χ0) is 16.9. The third-order valence-corrected chi connectivity index (χ3v) is 5.92. The van der Waals surface area contributed by atoms with Gasteiger partial charge in [0.05, 0.1) is 5.41 Å². The normalized spacial score (nSPS) is 14.7. The van der Waals surface area contributed by atoms with E-state index in [1.165, 1.54) is 13.8 Å². The molecule has 0 spiro atoms. The van der Waals surface area contributed by atoms with Crippen LogP contribution >= 0.6 is 0 Å². The van der Waals surface area contributed by atoms with Gasteiger partial charge in [-0.3, -0.25) is 9.59 Å². The maximum Gasteiger partial charge on any atom is 1.00 e. The molecule has 0 aromatic carbocycles. The first-order valence-electron chi connectivity index (χ1n) is 6.99. The van der Waals surface area contributed by atoms with E-state index in [0.717, 1.165) is 0 Å². The molecular weight excluding hydrogens is 323 g/mol. The Kier molecular flexibility index (Phi) is 10.1. The van der Waals surface area contributed by atoms with E-state index in [4.69, 9.17) is 0 Å². The Hall–Kier alpha value is -0.150. The molecule has 0 amide bonds. The van der Waals surface area contributed by atoms with Crippen LogP contribution in [0.25, 0.3) is 0 Å². The van der Waals surface area contributed by atoms with Crippen molar-refractivity contribution in [3.05, 3.63) is 0 Å². The molecule has 0 bridgehead atoms. The summed E-state index contributed by atoms with van der Waals surface area (Å²) in [6.07, 6.45) is 0.382. The van der Waals surface area contributed by atoms with Gasteiger partial charge < -0.3 is 14.8 Å². The van der Waals surface area contributed by atoms with Crippen LogP contribution in [0, 0.1) is 5.41 Å². The van der Waals surface area contributed by atoms with Crippen molar-refractivity contribution in [2.45, 2.75) is 64.0 Å². The van der Waals surface area contributed by atoms with Crippen molar-refractivity contribution < 1.29 is 62.3 Å². The largest absolute Gasteiger partial charge is 1.00 e. The van der Waals surface area contributed by atoms with Crippen LogP contribution in [0.2, 0.25) is 0 Å². The summed E-state index contributed by atoms with van der Waals surface area (Å²) in [6, 6.07) is 0. The minimum absolute atomic E-state index is 0. The molecule has 0 saturated carbocycles. The van der Waals surface area contributed by atoms with E-state index in [2.05, 4.69) is 0 Å². The van der Waals surface area contributed by atoms with E-state index in [0.29, 0.717) is 12.8 Å². The predicted octanol–water partition coefficient (Wildman–Crippen LogP) is -1.17. The Labute approximate surface area is 153 Å². The van der Waals surface area contributed by atoms with E-state index in [-0.39, 0.29) is 48.8 Å². The van der Waals surface area contributed by atoms with Crippen molar-refractivity contribution in [3.63, 3.8) is 0 Å². The van der Waals surface area contributed by atoms with Gasteiger partial charge in [0.25, 0.3) is 0 Å². The summed E-state index contributed by atoms with van der Waals surface area (Å²) in [5.41, 5.74) is -2.13. The first kappa shape index (κ1) is 24.1. The molecule has 7 nitrogen and oxygen atoms in total. The molecule has 0 saturated heterocycles. The average Bonchev–Trinajstić information content (AvgIpc) is 2.36. The van der Waals surface area contributed by atoms with Gasteiger partial charge in [-0.05, 0) is 19.3 Å². The molecule has 0 rings (SSSR count). The first-order chi connectivity index (χ1) is 9.57. The van der Waals surface area contributed by atoms with Crippen LogP contribution in [0.4, 0.5) is 0 Å². The molecule has 0 heterocycles. The smallest absolute Gasteiger partial charge is 0.747 e. The number of unbranched alkanes of at least 4 members (excludes halogenated alkanes) is 2. The van der Waals surface area contributed by atoms with E-state index in [1.807, 2.05) is 6.92 Å². The zero-order valence-electron chi connectivity index (χ0n) is 13.6. The van der Waals surface area contributed by atoms with Crippen LogP contribution < -0.4 is 29.6 Å². The number of hydrogen-bond acceptors (Lipinski definition) is 5. The SMILES string of the molecule is CCCCCC(C(=O)O)(C(CC)(CC)C(=O)O)S(=O)(=O)[O-].[Na+]. The standard InChI is InChI=1S/C13H24O7S.Na/c1-4-7-8-9-13(11(16)17,21(18,19)20)12(5-2,6-3)10(14)15;/h4-9H2,1-3H3,(H,14,15)(H,16,17)(H,18,19,20);/q;+1/p-1. The molecule has 0 aliphatic heterocycles. The molecule has 0 fully saturated rings. The summed E-state index contributed by atoms with van der Waals surface area (Å²) in [7, 11) is -5.36. The Morgan fingerprint density at radius 2 is 1.45 bits per heavy atom. The number of carboxylic acid groups (broad SMARTS) is 2. The molecule has 0 aromatic rings. The Morgan fingerprint density at radius 1 is 1.00 bits per heavy atom. The summed E-state index contributed by atoms with van der Waals surface area (Å²) < 4.78 is 32.4. The number of hydrogen-bond donors (Lipinski definition) is 2. The average molecular weight is 346 g/mol. The second-order valence-electron chi connectivity index (χ2n) is 5.14. The van der Waals surface area contributed by atoms with Crippen LogP contribution in [0.5, 0.6) is 0 Å². The number of carbonyl (C=O) groups is 2. The van der Waals surface area contributed by atoms with Gasteiger partial charge in [-0.25, -0.2) is 8.42 Å². The van der Waals surface area contributed by atoms with Crippen molar-refractivity contribution in [2.24, 2.45) is 5.41 Å². The van der Waals surface area contributed by atoms with Crippen LogP contribution in [-0.4, -0.2) is 39.9 Å². The summed E-state index contributed by atoms with van der Waals surface area (Å²) in [5, 5.41) is 18.9. The molecule has 0 radical (unpaired) electrons. The summed E-state index contributed by atoms with van der Waals surface area (Å²) in [4.78, 5) is 23.3. The van der Waals surface area contributed by atoms with Crippen molar-refractivity contribution in [2.75, 3.05) is 0 Å². The van der Waals surface area contributed by atoms with Gasteiger partial charge in [0.2, 0.25) is 0 Å². The van der Waals surface area contributed by atoms with Gasteiger partial charge >= 0.3 is 41.5 Å². The minimum Gasteiger partial charge on any atom is -0.747 e. The van der Waals surface area contributed by atoms with Crippen molar-refractivity contribution in [1.29, 1.82) is 0 Å². The Morgan fingerprint density at radius 3 is 1.68 bits per heavy atom. The third kappa shape index (κ3) is 4.03. The second-order valence-corrected chi connectivity index (χ2v) is 6.74. The van der Waals surface area contributed by atoms with E-state index in [1.54, 1.807) is 0 Å². The van der Waals surface area contributed by atoms with Crippen LogP contribution in [-0.2, 0) is 19.7 Å². The second kappa shape index (κ2) is 9.22. The van der Waals surface area contributed by atoms with E-state index < -0.39 is 38.6 Å². The minimum atomic E-state index is -5.36. The fraction of sp³-hybridized carbons (Fsp3) is 0.846. The van der Waals surface area contributed by atoms with Gasteiger partial charge in [0.15, 0.2) is 4.75 Å². The molecule has 22 heavy (non-hydrogen) atoms. The molecule has 2 N–H and O–H groups in total. The maximum absolute atomic E-state index is 11.8. The predicted molar refractivity (Wildman–Crippen MR) is 74.9 cm³/mol. The van der Waals surface area contributed by atoms with Crippen molar-refractivity contribution in [3.8, 4) is 0 Å². The monoisotopic (exact) mass is 346 g/mol. The molecule has 124 valence electrons. The molecule has 0 aliphatic rings. The number of aliphatic carboxylic acids is 2. The summed E-state index contributed by atoms with van der Waals surface area (Å²) in [5.74, 6) is -3.44. The van der Waals surface area contributed by atoms with Crippen molar-refractivity contribution in [1.82, 2.24) is 0 Å². The van der Waals surface area contributed by atoms with Gasteiger partial charge in [0.1, 0.15) is 10.1 Å². The maximum atomic E-state index is 11.8. The van der Waals surface area contributed by atoms with Crippen LogP contribution in [0.3, 0.4) is 0 Å². The van der Waals surface area contributed by atoms with Gasteiger partial charge in [0, 0.05) is 0 Å². The molecule has 9 heteroatoms. The quantitative estimate of drug-likeness (QED) is 0.289. The zero-order valence-corrected chi connectivity index (χ0v) is 16.4. The molecular formula is C13H23NaO7S.